The van der Waals surface area contributed by atoms with Crippen molar-refractivity contribution in [2.24, 2.45) is 0 Å². The number of aryl methyl sites for hydroxylation is 2. The summed E-state index contributed by atoms with van der Waals surface area (Å²) >= 11 is 0. The van der Waals surface area contributed by atoms with Gasteiger partial charge < -0.3 is 10.6 Å². The zero-order valence-corrected chi connectivity index (χ0v) is 13.9. The molecular weight excluding hydrogens is 319 g/mol. The highest BCUT2D eigenvalue weighted by Crippen LogP contribution is 2.18. The number of aromatic nitrogens is 2. The van der Waals surface area contributed by atoms with Crippen LogP contribution in [0.25, 0.3) is 0 Å². The van der Waals surface area contributed by atoms with Gasteiger partial charge in [-0.1, -0.05) is 6.07 Å². The molecule has 25 heavy (non-hydrogen) atoms. The van der Waals surface area contributed by atoms with Crippen LogP contribution in [0.4, 0.5) is 21.6 Å². The van der Waals surface area contributed by atoms with Gasteiger partial charge in [0, 0.05) is 11.4 Å². The predicted molar refractivity (Wildman–Crippen MR) is 95.6 cm³/mol. The van der Waals surface area contributed by atoms with E-state index in [1.807, 2.05) is 26.0 Å². The summed E-state index contributed by atoms with van der Waals surface area (Å²) in [4.78, 5) is 20.5. The first-order chi connectivity index (χ1) is 12.0. The lowest BCUT2D eigenvalue weighted by Crippen LogP contribution is -2.14. The van der Waals surface area contributed by atoms with Crippen molar-refractivity contribution in [1.29, 1.82) is 0 Å². The third kappa shape index (κ3) is 4.38. The summed E-state index contributed by atoms with van der Waals surface area (Å²) in [6.45, 7) is 4.04. The van der Waals surface area contributed by atoms with Crippen LogP contribution >= 0.6 is 0 Å². The fraction of sp³-hybridized carbons (Fsp3) is 0.105. The molecular formula is C19H17FN4O. The van der Waals surface area contributed by atoms with Crippen LogP contribution in [0.2, 0.25) is 0 Å². The second-order valence-electron chi connectivity index (χ2n) is 5.75. The maximum atomic E-state index is 12.9. The summed E-state index contributed by atoms with van der Waals surface area (Å²) < 4.78 is 12.9. The minimum Gasteiger partial charge on any atom is -0.339 e. The molecule has 1 aromatic heterocycles. The second-order valence-corrected chi connectivity index (χ2v) is 5.75. The molecule has 0 saturated heterocycles. The zero-order chi connectivity index (χ0) is 17.8. The summed E-state index contributed by atoms with van der Waals surface area (Å²) in [6.07, 6.45) is 2.89. The van der Waals surface area contributed by atoms with E-state index in [4.69, 9.17) is 0 Å². The van der Waals surface area contributed by atoms with Crippen LogP contribution in [0, 0.1) is 19.7 Å². The average Bonchev–Trinajstić information content (AvgIpc) is 2.56. The van der Waals surface area contributed by atoms with Crippen LogP contribution in [0.3, 0.4) is 0 Å². The Bertz CT molecular complexity index is 872. The fourth-order valence-electron chi connectivity index (χ4n) is 2.43. The Hall–Kier alpha value is -3.28. The third-order valence-electron chi connectivity index (χ3n) is 3.48. The largest absolute Gasteiger partial charge is 0.339 e. The van der Waals surface area contributed by atoms with Gasteiger partial charge in [-0.15, -0.1) is 0 Å². The number of amides is 1. The molecule has 0 spiro atoms. The Labute approximate surface area is 145 Å². The number of nitrogens with one attached hydrogen (secondary N) is 2. The third-order valence-corrected chi connectivity index (χ3v) is 3.48. The highest BCUT2D eigenvalue weighted by atomic mass is 19.1. The van der Waals surface area contributed by atoms with Crippen molar-refractivity contribution in [2.75, 3.05) is 10.6 Å². The van der Waals surface area contributed by atoms with Crippen molar-refractivity contribution >= 4 is 23.1 Å². The van der Waals surface area contributed by atoms with E-state index in [1.54, 1.807) is 0 Å². The number of anilines is 3. The molecule has 0 aliphatic heterocycles. The minimum absolute atomic E-state index is 0.176. The number of nitrogens with zero attached hydrogens (tertiary/aromatic N) is 2. The van der Waals surface area contributed by atoms with Crippen LogP contribution in [0.5, 0.6) is 0 Å². The Morgan fingerprint density at radius 1 is 0.920 bits per heavy atom. The zero-order valence-electron chi connectivity index (χ0n) is 13.9. The summed E-state index contributed by atoms with van der Waals surface area (Å²) in [7, 11) is 0. The molecule has 0 fully saturated rings. The molecule has 0 saturated carbocycles. The quantitative estimate of drug-likeness (QED) is 0.748. The van der Waals surface area contributed by atoms with E-state index in [0.717, 1.165) is 16.8 Å². The Morgan fingerprint density at radius 3 is 2.20 bits per heavy atom. The molecule has 0 atom stereocenters. The van der Waals surface area contributed by atoms with Crippen LogP contribution in [0.1, 0.15) is 21.6 Å². The number of carbonyl (C=O) groups excluding carboxylic acids is 1. The molecule has 2 N–H and O–H groups in total. The van der Waals surface area contributed by atoms with E-state index in [-0.39, 0.29) is 11.5 Å². The number of hydrogen-bond donors (Lipinski definition) is 2. The van der Waals surface area contributed by atoms with Gasteiger partial charge >= 0.3 is 0 Å². The molecule has 1 heterocycles. The highest BCUT2D eigenvalue weighted by Gasteiger charge is 2.09. The maximum absolute atomic E-state index is 12.9. The topological polar surface area (TPSA) is 66.9 Å². The highest BCUT2D eigenvalue weighted by molar-refractivity contribution is 6.02. The summed E-state index contributed by atoms with van der Waals surface area (Å²) in [5.41, 5.74) is 3.87. The first-order valence-corrected chi connectivity index (χ1v) is 7.74. The van der Waals surface area contributed by atoms with Crippen LogP contribution in [0.15, 0.2) is 54.9 Å². The van der Waals surface area contributed by atoms with Gasteiger partial charge in [0.05, 0.1) is 12.4 Å². The average molecular weight is 336 g/mol. The standard InChI is InChI=1S/C19H17FN4O/c1-12-7-13(2)9-16(8-12)23-18-11-21-17(10-22-18)19(25)24-15-5-3-14(20)4-6-15/h3-11H,1-2H3,(H,22,23)(H,24,25). The smallest absolute Gasteiger partial charge is 0.275 e. The van der Waals surface area contributed by atoms with Gasteiger partial charge in [0.25, 0.3) is 5.91 Å². The minimum atomic E-state index is -0.406. The Balaban J connectivity index is 1.68. The molecule has 6 heteroatoms. The van der Waals surface area contributed by atoms with Crippen LogP contribution < -0.4 is 10.6 Å². The maximum Gasteiger partial charge on any atom is 0.275 e. The number of hydrogen-bond acceptors (Lipinski definition) is 4. The van der Waals surface area contributed by atoms with Crippen molar-refractivity contribution in [2.45, 2.75) is 13.8 Å². The molecule has 1 amide bonds. The van der Waals surface area contributed by atoms with E-state index < -0.39 is 5.91 Å². The lowest BCUT2D eigenvalue weighted by molar-refractivity contribution is 0.102. The molecule has 0 aliphatic rings. The second kappa shape index (κ2) is 7.09. The van der Waals surface area contributed by atoms with Gasteiger partial charge in [-0.25, -0.2) is 14.4 Å². The first-order valence-electron chi connectivity index (χ1n) is 7.74. The molecule has 3 rings (SSSR count). The number of rotatable bonds is 4. The number of benzene rings is 2. The molecule has 0 aliphatic carbocycles. The normalized spacial score (nSPS) is 10.4. The summed E-state index contributed by atoms with van der Waals surface area (Å²) in [6, 6.07) is 11.6. The predicted octanol–water partition coefficient (Wildman–Crippen LogP) is 4.23. The van der Waals surface area contributed by atoms with Crippen molar-refractivity contribution in [1.82, 2.24) is 9.97 Å². The van der Waals surface area contributed by atoms with Gasteiger partial charge in [0.1, 0.15) is 17.3 Å². The van der Waals surface area contributed by atoms with Gasteiger partial charge in [-0.05, 0) is 61.4 Å². The number of halogens is 1. The Kier molecular flexibility index (Phi) is 4.70. The van der Waals surface area contributed by atoms with Crippen LogP contribution in [-0.4, -0.2) is 15.9 Å². The van der Waals surface area contributed by atoms with Crippen molar-refractivity contribution < 1.29 is 9.18 Å². The van der Waals surface area contributed by atoms with Crippen molar-refractivity contribution in [3.8, 4) is 0 Å². The molecule has 2 aromatic carbocycles. The molecule has 0 bridgehead atoms. The summed E-state index contributed by atoms with van der Waals surface area (Å²) in [5, 5.41) is 5.80. The lowest BCUT2D eigenvalue weighted by atomic mass is 10.1. The molecule has 126 valence electrons. The molecule has 0 radical (unpaired) electrons. The van der Waals surface area contributed by atoms with Crippen LogP contribution in [-0.2, 0) is 0 Å². The summed E-state index contributed by atoms with van der Waals surface area (Å²) in [5.74, 6) is -0.222. The van der Waals surface area contributed by atoms with Gasteiger partial charge in [0.2, 0.25) is 0 Å². The van der Waals surface area contributed by atoms with Gasteiger partial charge in [-0.2, -0.15) is 0 Å². The van der Waals surface area contributed by atoms with E-state index in [1.165, 1.54) is 36.7 Å². The van der Waals surface area contributed by atoms with Crippen molar-refractivity contribution in [3.05, 3.63) is 77.5 Å². The Morgan fingerprint density at radius 2 is 1.60 bits per heavy atom. The van der Waals surface area contributed by atoms with E-state index in [9.17, 15) is 9.18 Å². The van der Waals surface area contributed by atoms with E-state index in [2.05, 4.69) is 26.7 Å². The van der Waals surface area contributed by atoms with E-state index in [0.29, 0.717) is 11.5 Å². The lowest BCUT2D eigenvalue weighted by Gasteiger charge is -2.08. The fourth-order valence-corrected chi connectivity index (χ4v) is 2.43. The van der Waals surface area contributed by atoms with Gasteiger partial charge in [-0.3, -0.25) is 4.79 Å². The van der Waals surface area contributed by atoms with Crippen molar-refractivity contribution in [3.63, 3.8) is 0 Å². The monoisotopic (exact) mass is 336 g/mol. The molecule has 3 aromatic rings. The SMILES string of the molecule is Cc1cc(C)cc(Nc2cnc(C(=O)Nc3ccc(F)cc3)cn2)c1. The van der Waals surface area contributed by atoms with E-state index >= 15 is 0 Å². The molecule has 0 unspecified atom stereocenters. The molecule has 5 nitrogen and oxygen atoms in total. The van der Waals surface area contributed by atoms with Gasteiger partial charge in [0.15, 0.2) is 0 Å². The first kappa shape index (κ1) is 16.6. The number of carbonyl (C=O) groups is 1.